The molecular weight excluding hydrogens is 508 g/mol. The zero-order valence-corrected chi connectivity index (χ0v) is 22.6. The zero-order chi connectivity index (χ0) is 28.6. The third-order valence-electron chi connectivity index (χ3n) is 9.50. The number of allylic oxidation sites excluding steroid dienone is 1. The molecule has 4 aliphatic rings. The minimum absolute atomic E-state index is 0.0759. The minimum Gasteiger partial charge on any atom is -0.455 e. The molecule has 10 nitrogen and oxygen atoms in total. The number of fused-ring (bicyclic) bond motifs is 3. The summed E-state index contributed by atoms with van der Waals surface area (Å²) >= 11 is 0. The predicted octanol–water partition coefficient (Wildman–Crippen LogP) is 1.90. The van der Waals surface area contributed by atoms with Crippen LogP contribution < -0.4 is 0 Å². The summed E-state index contributed by atoms with van der Waals surface area (Å²) in [5.41, 5.74) is -5.49. The number of aliphatic hydroxyl groups excluding tert-OH is 1. The first-order valence-corrected chi connectivity index (χ1v) is 13.0. The number of ether oxygens (including phenoxy) is 4. The van der Waals surface area contributed by atoms with Crippen molar-refractivity contribution in [2.75, 3.05) is 6.61 Å². The summed E-state index contributed by atoms with van der Waals surface area (Å²) in [5.74, 6) is -5.57. The number of aldehydes is 1. The van der Waals surface area contributed by atoms with Gasteiger partial charge in [0, 0.05) is 25.2 Å². The van der Waals surface area contributed by atoms with E-state index in [1.165, 1.54) is 13.8 Å². The van der Waals surface area contributed by atoms with Gasteiger partial charge in [0.05, 0.1) is 29.6 Å². The number of ketones is 1. The number of aliphatic hydroxyl groups is 2. The normalized spacial score (nSPS) is 42.3. The molecule has 0 unspecified atom stereocenters. The Hall–Kier alpha value is -2.92. The van der Waals surface area contributed by atoms with Crippen LogP contribution in [0.5, 0.6) is 0 Å². The third kappa shape index (κ3) is 3.61. The highest BCUT2D eigenvalue weighted by molar-refractivity contribution is 5.97. The highest BCUT2D eigenvalue weighted by Gasteiger charge is 2.82. The highest BCUT2D eigenvalue weighted by atomic mass is 16.7. The fourth-order valence-corrected chi connectivity index (χ4v) is 7.32. The van der Waals surface area contributed by atoms with Crippen LogP contribution in [0, 0.1) is 16.7 Å². The Morgan fingerprint density at radius 1 is 1.15 bits per heavy atom. The van der Waals surface area contributed by atoms with Gasteiger partial charge in [0.15, 0.2) is 17.7 Å². The fourth-order valence-electron chi connectivity index (χ4n) is 7.32. The molecule has 8 atom stereocenters. The zero-order valence-electron chi connectivity index (χ0n) is 22.6. The van der Waals surface area contributed by atoms with Gasteiger partial charge in [-0.25, -0.2) is 4.79 Å². The van der Waals surface area contributed by atoms with Gasteiger partial charge < -0.3 is 29.2 Å². The highest BCUT2D eigenvalue weighted by Crippen LogP contribution is 2.67. The van der Waals surface area contributed by atoms with Gasteiger partial charge in [-0.3, -0.25) is 14.4 Å². The average Bonchev–Trinajstić information content (AvgIpc) is 2.86. The summed E-state index contributed by atoms with van der Waals surface area (Å²) in [7, 11) is 0. The molecule has 2 N–H and O–H groups in total. The number of carbonyl (C=O) groups is 4. The lowest BCUT2D eigenvalue weighted by Crippen LogP contribution is -2.86. The molecular formula is C29H34O10. The number of carbonyl (C=O) groups excluding carboxylic acids is 4. The van der Waals surface area contributed by atoms with E-state index in [1.807, 2.05) is 0 Å². The van der Waals surface area contributed by atoms with Gasteiger partial charge in [-0.15, -0.1) is 0 Å². The van der Waals surface area contributed by atoms with Crippen LogP contribution in [-0.4, -0.2) is 76.1 Å². The molecule has 3 fully saturated rings. The summed E-state index contributed by atoms with van der Waals surface area (Å²) in [6.45, 7) is 7.71. The Morgan fingerprint density at radius 3 is 2.38 bits per heavy atom. The molecule has 10 heteroatoms. The molecule has 210 valence electrons. The van der Waals surface area contributed by atoms with Crippen LogP contribution in [0.3, 0.4) is 0 Å². The Bertz CT molecular complexity index is 1260. The van der Waals surface area contributed by atoms with Crippen molar-refractivity contribution in [2.45, 2.75) is 82.8 Å². The van der Waals surface area contributed by atoms with Crippen molar-refractivity contribution in [3.05, 3.63) is 47.5 Å². The molecule has 1 aromatic rings. The van der Waals surface area contributed by atoms with Crippen molar-refractivity contribution in [1.82, 2.24) is 0 Å². The van der Waals surface area contributed by atoms with Crippen molar-refractivity contribution in [3.63, 3.8) is 0 Å². The maximum absolute atomic E-state index is 13.6. The number of hydrogen-bond acceptors (Lipinski definition) is 10. The quantitative estimate of drug-likeness (QED) is 0.427. The standard InChI is InChI=1S/C29H34O10/c1-16-12-25(3,4)28(13-19(16)32)23(37-24(34)18-9-7-6-8-10-18)22-26(5,29(35,14-30)39-28)20(33)11-21-27(22,15-36-21)38-17(2)31/h6-10,12,14,20-23,33,35H,11,13,15H2,1-5H3/t20-,21+,22-,23-,26+,27-,28-,29-/m0/s1. The maximum atomic E-state index is 13.6. The van der Waals surface area contributed by atoms with Crippen molar-refractivity contribution in [1.29, 1.82) is 0 Å². The van der Waals surface area contributed by atoms with E-state index in [1.54, 1.807) is 57.2 Å². The fraction of sp³-hybridized carbons (Fsp3) is 0.586. The molecule has 0 radical (unpaired) electrons. The predicted molar refractivity (Wildman–Crippen MR) is 134 cm³/mol. The average molecular weight is 543 g/mol. The number of rotatable bonds is 4. The molecule has 5 rings (SSSR count). The Kier molecular flexibility index (Phi) is 6.23. The lowest BCUT2D eigenvalue weighted by molar-refractivity contribution is -0.442. The van der Waals surface area contributed by atoms with Crippen molar-refractivity contribution in [3.8, 4) is 0 Å². The SMILES string of the molecule is CC(=O)O[C@@]12CO[C@@H]1C[C@H](O)[C@]1(C)[C@@H]2[C@H](OC(=O)c2ccccc2)[C@]2(CC(=O)C(C)=CC2(C)C)O[C@@]1(O)C=O. The molecule has 39 heavy (non-hydrogen) atoms. The second kappa shape index (κ2) is 8.79. The Morgan fingerprint density at radius 2 is 1.82 bits per heavy atom. The number of esters is 2. The van der Waals surface area contributed by atoms with Gasteiger partial charge in [-0.2, -0.15) is 0 Å². The first kappa shape index (κ1) is 27.6. The second-order valence-electron chi connectivity index (χ2n) is 12.0. The van der Waals surface area contributed by atoms with Gasteiger partial charge in [-0.1, -0.05) is 45.0 Å². The van der Waals surface area contributed by atoms with Crippen LogP contribution in [0.1, 0.15) is 57.8 Å². The molecule has 1 spiro atoms. The van der Waals surface area contributed by atoms with Gasteiger partial charge >= 0.3 is 11.9 Å². The van der Waals surface area contributed by atoms with Gasteiger partial charge in [-0.05, 0) is 24.6 Å². The van der Waals surface area contributed by atoms with E-state index in [-0.39, 0.29) is 37.1 Å². The van der Waals surface area contributed by atoms with E-state index in [0.29, 0.717) is 5.57 Å². The monoisotopic (exact) mass is 542 g/mol. The van der Waals surface area contributed by atoms with Gasteiger partial charge in [0.2, 0.25) is 5.79 Å². The van der Waals surface area contributed by atoms with E-state index in [4.69, 9.17) is 18.9 Å². The molecule has 1 aromatic carbocycles. The molecule has 0 amide bonds. The maximum Gasteiger partial charge on any atom is 0.338 e. The molecule has 0 bridgehead atoms. The van der Waals surface area contributed by atoms with Crippen LogP contribution in [-0.2, 0) is 33.3 Å². The van der Waals surface area contributed by atoms with E-state index in [2.05, 4.69) is 0 Å². The molecule has 0 aromatic heterocycles. The van der Waals surface area contributed by atoms with Crippen LogP contribution in [0.4, 0.5) is 0 Å². The van der Waals surface area contributed by atoms with Crippen LogP contribution in [0.25, 0.3) is 0 Å². The summed E-state index contributed by atoms with van der Waals surface area (Å²) in [6, 6.07) is 8.20. The minimum atomic E-state index is -2.64. The van der Waals surface area contributed by atoms with E-state index in [9.17, 15) is 29.4 Å². The Balaban J connectivity index is 1.80. The third-order valence-corrected chi connectivity index (χ3v) is 9.50. The van der Waals surface area contributed by atoms with Crippen molar-refractivity contribution < 1.29 is 48.3 Å². The first-order chi connectivity index (χ1) is 18.2. The van der Waals surface area contributed by atoms with Gasteiger partial charge in [0.25, 0.3) is 0 Å². The van der Waals surface area contributed by atoms with Gasteiger partial charge in [0.1, 0.15) is 17.8 Å². The smallest absolute Gasteiger partial charge is 0.338 e. The summed E-state index contributed by atoms with van der Waals surface area (Å²) in [4.78, 5) is 52.0. The lowest BCUT2D eigenvalue weighted by atomic mass is 9.46. The number of benzene rings is 1. The first-order valence-electron chi connectivity index (χ1n) is 13.0. The second-order valence-corrected chi connectivity index (χ2v) is 12.0. The molecule has 1 saturated carbocycles. The molecule has 2 heterocycles. The molecule has 2 saturated heterocycles. The number of hydrogen-bond donors (Lipinski definition) is 2. The van der Waals surface area contributed by atoms with E-state index < -0.39 is 64.0 Å². The molecule has 2 aliphatic carbocycles. The molecule has 2 aliphatic heterocycles. The van der Waals surface area contributed by atoms with Crippen LogP contribution in [0.15, 0.2) is 42.0 Å². The Labute approximate surface area is 226 Å². The van der Waals surface area contributed by atoms with Crippen molar-refractivity contribution >= 4 is 24.0 Å². The van der Waals surface area contributed by atoms with Crippen LogP contribution in [0.2, 0.25) is 0 Å². The summed E-state index contributed by atoms with van der Waals surface area (Å²) < 4.78 is 24.2. The van der Waals surface area contributed by atoms with E-state index in [0.717, 1.165) is 0 Å². The largest absolute Gasteiger partial charge is 0.455 e. The topological polar surface area (TPSA) is 146 Å². The van der Waals surface area contributed by atoms with Crippen LogP contribution >= 0.6 is 0 Å². The number of Topliss-reactive ketones (excluding diaryl/α,β-unsaturated/α-hetero) is 1. The summed E-state index contributed by atoms with van der Waals surface area (Å²) in [6.07, 6.45) is -2.10. The summed E-state index contributed by atoms with van der Waals surface area (Å²) in [5, 5.41) is 23.4. The lowest BCUT2D eigenvalue weighted by Gasteiger charge is -2.71. The van der Waals surface area contributed by atoms with Crippen molar-refractivity contribution in [2.24, 2.45) is 16.7 Å². The van der Waals surface area contributed by atoms with E-state index >= 15 is 0 Å².